The number of carbonyl (C=O) groups is 1. The third kappa shape index (κ3) is 3.09. The van der Waals surface area contributed by atoms with E-state index < -0.39 is 0 Å². The van der Waals surface area contributed by atoms with Crippen molar-refractivity contribution in [3.8, 4) is 6.07 Å². The molecule has 0 saturated heterocycles. The molecule has 84 valence electrons. The second-order valence-electron chi connectivity index (χ2n) is 3.99. The maximum Gasteiger partial charge on any atom is 0.225 e. The van der Waals surface area contributed by atoms with Crippen LogP contribution in [-0.4, -0.2) is 12.5 Å². The molecular weight excluding hydrogens is 200 g/mol. The average Bonchev–Trinajstić information content (AvgIpc) is 2.20. The summed E-state index contributed by atoms with van der Waals surface area (Å²) in [5.41, 5.74) is 4.52. The molecule has 0 aliphatic heterocycles. The van der Waals surface area contributed by atoms with Crippen molar-refractivity contribution in [2.75, 3.05) is 6.54 Å². The summed E-state index contributed by atoms with van der Waals surface area (Å²) >= 11 is 0. The highest BCUT2D eigenvalue weighted by Crippen LogP contribution is 2.16. The van der Waals surface area contributed by atoms with Crippen molar-refractivity contribution in [2.24, 2.45) is 0 Å². The highest BCUT2D eigenvalue weighted by Gasteiger charge is 2.08. The van der Waals surface area contributed by atoms with E-state index in [0.717, 1.165) is 16.7 Å². The first kappa shape index (κ1) is 12.3. The lowest BCUT2D eigenvalue weighted by Crippen LogP contribution is -2.25. The summed E-state index contributed by atoms with van der Waals surface area (Å²) in [6.45, 7) is 6.13. The number of nitrogens with zero attached hydrogens (tertiary/aromatic N) is 1. The normalized spacial score (nSPS) is 9.62. The van der Waals surface area contributed by atoms with Gasteiger partial charge in [-0.2, -0.15) is 5.26 Å². The molecule has 3 nitrogen and oxygen atoms in total. The summed E-state index contributed by atoms with van der Waals surface area (Å²) in [5, 5.41) is 10.9. The first-order valence-electron chi connectivity index (χ1n) is 5.25. The summed E-state index contributed by atoms with van der Waals surface area (Å²) in [7, 11) is 0. The maximum absolute atomic E-state index is 11.5. The molecule has 0 aromatic heterocycles. The zero-order valence-corrected chi connectivity index (χ0v) is 9.92. The lowest BCUT2D eigenvalue weighted by Gasteiger charge is -2.10. The summed E-state index contributed by atoms with van der Waals surface area (Å²) in [6, 6.07) is 6.03. The number of amides is 1. The van der Waals surface area contributed by atoms with E-state index in [9.17, 15) is 4.79 Å². The van der Waals surface area contributed by atoms with Gasteiger partial charge in [0, 0.05) is 0 Å². The van der Waals surface area contributed by atoms with Crippen LogP contribution >= 0.6 is 0 Å². The minimum Gasteiger partial charge on any atom is -0.343 e. The van der Waals surface area contributed by atoms with Gasteiger partial charge in [0.05, 0.1) is 12.5 Å². The fourth-order valence-corrected chi connectivity index (χ4v) is 1.85. The van der Waals surface area contributed by atoms with E-state index in [1.54, 1.807) is 0 Å². The Hall–Kier alpha value is -1.82. The Morgan fingerprint density at radius 1 is 1.31 bits per heavy atom. The number of rotatable bonds is 3. The first-order valence-corrected chi connectivity index (χ1v) is 5.25. The Morgan fingerprint density at radius 2 is 1.88 bits per heavy atom. The van der Waals surface area contributed by atoms with Crippen LogP contribution in [0.4, 0.5) is 0 Å². The molecule has 0 spiro atoms. The van der Waals surface area contributed by atoms with Gasteiger partial charge in [-0.05, 0) is 37.5 Å². The summed E-state index contributed by atoms with van der Waals surface area (Å²) < 4.78 is 0. The Kier molecular flexibility index (Phi) is 4.07. The third-order valence-corrected chi connectivity index (χ3v) is 2.54. The molecule has 0 unspecified atom stereocenters. The van der Waals surface area contributed by atoms with Crippen LogP contribution in [-0.2, 0) is 11.2 Å². The highest BCUT2D eigenvalue weighted by molar-refractivity contribution is 5.79. The SMILES string of the molecule is Cc1cc(C)c(CC(=O)NCC#N)c(C)c1. The first-order chi connectivity index (χ1) is 7.54. The summed E-state index contributed by atoms with van der Waals surface area (Å²) in [4.78, 5) is 11.5. The second-order valence-corrected chi connectivity index (χ2v) is 3.99. The van der Waals surface area contributed by atoms with Crippen molar-refractivity contribution >= 4 is 5.91 Å². The highest BCUT2D eigenvalue weighted by atomic mass is 16.1. The van der Waals surface area contributed by atoms with Crippen LogP contribution < -0.4 is 5.32 Å². The molecule has 16 heavy (non-hydrogen) atoms. The molecule has 0 aliphatic rings. The molecule has 1 aromatic rings. The van der Waals surface area contributed by atoms with Gasteiger partial charge < -0.3 is 5.32 Å². The number of nitriles is 1. The zero-order valence-electron chi connectivity index (χ0n) is 9.92. The molecule has 0 fully saturated rings. The predicted octanol–water partition coefficient (Wildman–Crippen LogP) is 1.79. The maximum atomic E-state index is 11.5. The van der Waals surface area contributed by atoms with E-state index in [-0.39, 0.29) is 12.5 Å². The van der Waals surface area contributed by atoms with Crippen molar-refractivity contribution in [3.05, 3.63) is 34.4 Å². The van der Waals surface area contributed by atoms with Crippen molar-refractivity contribution in [1.82, 2.24) is 5.32 Å². The van der Waals surface area contributed by atoms with Gasteiger partial charge >= 0.3 is 0 Å². The van der Waals surface area contributed by atoms with E-state index in [1.807, 2.05) is 26.8 Å². The van der Waals surface area contributed by atoms with Crippen LogP contribution in [0.5, 0.6) is 0 Å². The van der Waals surface area contributed by atoms with Crippen molar-refractivity contribution in [1.29, 1.82) is 5.26 Å². The molecule has 3 heteroatoms. The molecule has 1 N–H and O–H groups in total. The molecule has 1 aromatic carbocycles. The van der Waals surface area contributed by atoms with Crippen LogP contribution in [0.1, 0.15) is 22.3 Å². The van der Waals surface area contributed by atoms with Gasteiger partial charge in [-0.15, -0.1) is 0 Å². The van der Waals surface area contributed by atoms with Crippen LogP contribution in [0, 0.1) is 32.1 Å². The molecule has 0 atom stereocenters. The predicted molar refractivity (Wildman–Crippen MR) is 63.0 cm³/mol. The number of hydrogen-bond donors (Lipinski definition) is 1. The molecule has 0 saturated carbocycles. The molecule has 0 radical (unpaired) electrons. The van der Waals surface area contributed by atoms with Gasteiger partial charge in [0.15, 0.2) is 0 Å². The number of carbonyl (C=O) groups excluding carboxylic acids is 1. The minimum absolute atomic E-state index is 0.0722. The smallest absolute Gasteiger partial charge is 0.225 e. The number of benzene rings is 1. The van der Waals surface area contributed by atoms with Gasteiger partial charge in [-0.1, -0.05) is 17.7 Å². The lowest BCUT2D eigenvalue weighted by atomic mass is 9.97. The Bertz CT molecular complexity index is 421. The zero-order chi connectivity index (χ0) is 12.1. The van der Waals surface area contributed by atoms with Gasteiger partial charge in [0.1, 0.15) is 6.54 Å². The fourth-order valence-electron chi connectivity index (χ4n) is 1.85. The van der Waals surface area contributed by atoms with Crippen molar-refractivity contribution < 1.29 is 4.79 Å². The Morgan fingerprint density at radius 3 is 2.38 bits per heavy atom. The molecule has 1 amide bonds. The van der Waals surface area contributed by atoms with Gasteiger partial charge in [-0.3, -0.25) is 4.79 Å². The summed E-state index contributed by atoms with van der Waals surface area (Å²) in [5.74, 6) is -0.100. The third-order valence-electron chi connectivity index (χ3n) is 2.54. The molecule has 0 aliphatic carbocycles. The van der Waals surface area contributed by atoms with Crippen LogP contribution in [0.3, 0.4) is 0 Å². The lowest BCUT2D eigenvalue weighted by molar-refractivity contribution is -0.120. The molecule has 0 bridgehead atoms. The summed E-state index contributed by atoms with van der Waals surface area (Å²) in [6.07, 6.45) is 0.347. The van der Waals surface area contributed by atoms with E-state index in [0.29, 0.717) is 6.42 Å². The van der Waals surface area contributed by atoms with E-state index in [2.05, 4.69) is 17.4 Å². The van der Waals surface area contributed by atoms with Crippen LogP contribution in [0.2, 0.25) is 0 Å². The van der Waals surface area contributed by atoms with E-state index in [1.165, 1.54) is 5.56 Å². The average molecular weight is 216 g/mol. The molecular formula is C13H16N2O. The van der Waals surface area contributed by atoms with Crippen molar-refractivity contribution in [3.63, 3.8) is 0 Å². The van der Waals surface area contributed by atoms with Gasteiger partial charge in [0.2, 0.25) is 5.91 Å². The van der Waals surface area contributed by atoms with Gasteiger partial charge in [-0.25, -0.2) is 0 Å². The van der Waals surface area contributed by atoms with Crippen LogP contribution in [0.15, 0.2) is 12.1 Å². The number of aryl methyl sites for hydroxylation is 3. The standard InChI is InChI=1S/C13H16N2O/c1-9-6-10(2)12(11(3)7-9)8-13(16)15-5-4-14/h6-7H,5,8H2,1-3H3,(H,15,16). The number of hydrogen-bond acceptors (Lipinski definition) is 2. The minimum atomic E-state index is -0.100. The fraction of sp³-hybridized carbons (Fsp3) is 0.385. The second kappa shape index (κ2) is 5.32. The van der Waals surface area contributed by atoms with Crippen LogP contribution in [0.25, 0.3) is 0 Å². The monoisotopic (exact) mass is 216 g/mol. The topological polar surface area (TPSA) is 52.9 Å². The van der Waals surface area contributed by atoms with Crippen molar-refractivity contribution in [2.45, 2.75) is 27.2 Å². The number of nitrogens with one attached hydrogen (secondary N) is 1. The van der Waals surface area contributed by atoms with E-state index >= 15 is 0 Å². The van der Waals surface area contributed by atoms with Gasteiger partial charge in [0.25, 0.3) is 0 Å². The van der Waals surface area contributed by atoms with E-state index in [4.69, 9.17) is 5.26 Å². The Labute approximate surface area is 96.1 Å². The quantitative estimate of drug-likeness (QED) is 0.783. The molecule has 1 rings (SSSR count). The largest absolute Gasteiger partial charge is 0.343 e. The molecule has 0 heterocycles. The Balaban J connectivity index is 2.82.